The van der Waals surface area contributed by atoms with Gasteiger partial charge in [-0.15, -0.1) is 0 Å². The molecule has 1 aromatic heterocycles. The maximum absolute atomic E-state index is 10.7. The highest BCUT2D eigenvalue weighted by Crippen LogP contribution is 2.06. The van der Waals surface area contributed by atoms with Crippen LogP contribution < -0.4 is 5.56 Å². The molecule has 0 aliphatic carbocycles. The summed E-state index contributed by atoms with van der Waals surface area (Å²) in [4.78, 5) is 23.1. The van der Waals surface area contributed by atoms with Crippen LogP contribution in [0.4, 0.5) is 0 Å². The van der Waals surface area contributed by atoms with Crippen molar-refractivity contribution < 1.29 is 9.90 Å². The molecule has 0 aromatic carbocycles. The Hall–Kier alpha value is -1.10. The lowest BCUT2D eigenvalue weighted by atomic mass is 10.3. The predicted octanol–water partition coefficient (Wildman–Crippen LogP) is 0.836. The summed E-state index contributed by atoms with van der Waals surface area (Å²) in [6, 6.07) is 2.58. The third-order valence-electron chi connectivity index (χ3n) is 1.04. The number of H-pyrrole nitrogens is 1. The number of aromatic amines is 1. The molecule has 0 atom stereocenters. The highest BCUT2D eigenvalue weighted by atomic mass is 79.9. The van der Waals surface area contributed by atoms with E-state index in [1.165, 1.54) is 12.1 Å². The lowest BCUT2D eigenvalue weighted by Gasteiger charge is -1.93. The minimum atomic E-state index is -1.15. The second kappa shape index (κ2) is 2.87. The summed E-state index contributed by atoms with van der Waals surface area (Å²) in [6.45, 7) is 0. The maximum Gasteiger partial charge on any atom is 0.352 e. The standard InChI is InChI=1S/C6H4BrNO3/c7-3-1-4(6(10)11)8-5(9)2-3/h1-2H,(H,8,9)(H,10,11). The molecule has 0 saturated carbocycles. The van der Waals surface area contributed by atoms with Crippen molar-refractivity contribution in [2.45, 2.75) is 0 Å². The number of aromatic nitrogens is 1. The molecule has 0 saturated heterocycles. The second-order valence-corrected chi connectivity index (χ2v) is 2.80. The molecule has 0 aliphatic heterocycles. The quantitative estimate of drug-likeness (QED) is 0.733. The fourth-order valence-corrected chi connectivity index (χ4v) is 1.06. The van der Waals surface area contributed by atoms with Crippen LogP contribution in [0.3, 0.4) is 0 Å². The van der Waals surface area contributed by atoms with Crippen molar-refractivity contribution in [3.63, 3.8) is 0 Å². The van der Waals surface area contributed by atoms with Crippen LogP contribution in [-0.4, -0.2) is 16.1 Å². The first-order valence-corrected chi connectivity index (χ1v) is 3.52. The minimum absolute atomic E-state index is 0.121. The van der Waals surface area contributed by atoms with Gasteiger partial charge >= 0.3 is 5.97 Å². The molecule has 58 valence electrons. The van der Waals surface area contributed by atoms with Gasteiger partial charge in [0, 0.05) is 10.5 Å². The monoisotopic (exact) mass is 217 g/mol. The molecule has 11 heavy (non-hydrogen) atoms. The summed E-state index contributed by atoms with van der Waals surface area (Å²) < 4.78 is 0.457. The predicted molar refractivity (Wildman–Crippen MR) is 41.7 cm³/mol. The van der Waals surface area contributed by atoms with E-state index in [2.05, 4.69) is 20.9 Å². The first kappa shape index (κ1) is 8.00. The lowest BCUT2D eigenvalue weighted by molar-refractivity contribution is 0.0690. The summed E-state index contributed by atoms with van der Waals surface area (Å²) in [7, 11) is 0. The zero-order valence-electron chi connectivity index (χ0n) is 5.30. The Balaban J connectivity index is 3.30. The molecule has 1 heterocycles. The van der Waals surface area contributed by atoms with Gasteiger partial charge in [0.2, 0.25) is 5.56 Å². The molecule has 4 nitrogen and oxygen atoms in total. The Bertz CT molecular complexity index is 344. The lowest BCUT2D eigenvalue weighted by Crippen LogP contribution is -2.11. The first-order valence-electron chi connectivity index (χ1n) is 2.73. The van der Waals surface area contributed by atoms with E-state index in [1.54, 1.807) is 0 Å². The second-order valence-electron chi connectivity index (χ2n) is 1.88. The fraction of sp³-hybridized carbons (Fsp3) is 0. The normalized spacial score (nSPS) is 9.55. The van der Waals surface area contributed by atoms with E-state index in [4.69, 9.17) is 5.11 Å². The molecular formula is C6H4BrNO3. The van der Waals surface area contributed by atoms with Gasteiger partial charge in [-0.1, -0.05) is 15.9 Å². The fourth-order valence-electron chi connectivity index (χ4n) is 0.625. The number of hydrogen-bond acceptors (Lipinski definition) is 2. The van der Waals surface area contributed by atoms with Crippen LogP contribution in [0.25, 0.3) is 0 Å². The molecule has 0 radical (unpaired) electrons. The summed E-state index contributed by atoms with van der Waals surface area (Å²) in [5.74, 6) is -1.15. The minimum Gasteiger partial charge on any atom is -0.477 e. The van der Waals surface area contributed by atoms with Crippen molar-refractivity contribution in [1.29, 1.82) is 0 Å². The van der Waals surface area contributed by atoms with Gasteiger partial charge in [-0.3, -0.25) is 4.79 Å². The van der Waals surface area contributed by atoms with Crippen LogP contribution in [0.2, 0.25) is 0 Å². The number of rotatable bonds is 1. The number of aromatic carboxylic acids is 1. The van der Waals surface area contributed by atoms with E-state index in [0.29, 0.717) is 4.47 Å². The van der Waals surface area contributed by atoms with E-state index < -0.39 is 11.5 Å². The van der Waals surface area contributed by atoms with Crippen molar-refractivity contribution in [3.8, 4) is 0 Å². The number of carboxylic acids is 1. The molecule has 0 aliphatic rings. The van der Waals surface area contributed by atoms with Crippen LogP contribution >= 0.6 is 15.9 Å². The number of carbonyl (C=O) groups is 1. The number of halogens is 1. The van der Waals surface area contributed by atoms with Gasteiger partial charge in [-0.05, 0) is 6.07 Å². The third kappa shape index (κ3) is 1.91. The molecule has 1 aromatic rings. The van der Waals surface area contributed by atoms with Crippen molar-refractivity contribution in [2.24, 2.45) is 0 Å². The zero-order chi connectivity index (χ0) is 8.43. The number of hydrogen-bond donors (Lipinski definition) is 2. The molecule has 5 heteroatoms. The molecule has 2 N–H and O–H groups in total. The van der Waals surface area contributed by atoms with Crippen LogP contribution in [0, 0.1) is 0 Å². The van der Waals surface area contributed by atoms with E-state index in [9.17, 15) is 9.59 Å². The Kier molecular flexibility index (Phi) is 2.09. The Morgan fingerprint density at radius 2 is 2.18 bits per heavy atom. The largest absolute Gasteiger partial charge is 0.477 e. The average molecular weight is 218 g/mol. The van der Waals surface area contributed by atoms with E-state index in [0.717, 1.165) is 0 Å². The number of pyridine rings is 1. The smallest absolute Gasteiger partial charge is 0.352 e. The van der Waals surface area contributed by atoms with Crippen molar-refractivity contribution in [2.75, 3.05) is 0 Å². The van der Waals surface area contributed by atoms with Gasteiger partial charge < -0.3 is 10.1 Å². The van der Waals surface area contributed by atoms with Gasteiger partial charge in [0.1, 0.15) is 5.69 Å². The van der Waals surface area contributed by atoms with Crippen LogP contribution in [0.15, 0.2) is 21.4 Å². The van der Waals surface area contributed by atoms with Gasteiger partial charge in [0.05, 0.1) is 0 Å². The average Bonchev–Trinajstić information content (AvgIpc) is 1.85. The van der Waals surface area contributed by atoms with E-state index in [-0.39, 0.29) is 5.69 Å². The molecule has 0 amide bonds. The van der Waals surface area contributed by atoms with Crippen LogP contribution in [0.1, 0.15) is 10.5 Å². The first-order chi connectivity index (χ1) is 5.09. The Morgan fingerprint density at radius 3 is 2.64 bits per heavy atom. The van der Waals surface area contributed by atoms with Crippen molar-refractivity contribution >= 4 is 21.9 Å². The van der Waals surface area contributed by atoms with Crippen molar-refractivity contribution in [3.05, 3.63) is 32.7 Å². The molecule has 0 fully saturated rings. The molecule has 0 unspecified atom stereocenters. The SMILES string of the molecule is O=C(O)c1cc(Br)cc(=O)[nH]1. The zero-order valence-corrected chi connectivity index (χ0v) is 6.88. The van der Waals surface area contributed by atoms with Gasteiger partial charge in [0.15, 0.2) is 0 Å². The van der Waals surface area contributed by atoms with E-state index in [1.807, 2.05) is 0 Å². The molecule has 1 rings (SSSR count). The maximum atomic E-state index is 10.7. The number of nitrogens with one attached hydrogen (secondary N) is 1. The number of carboxylic acid groups (broad SMARTS) is 1. The summed E-state index contributed by atoms with van der Waals surface area (Å²) >= 11 is 3.00. The highest BCUT2D eigenvalue weighted by Gasteiger charge is 2.03. The van der Waals surface area contributed by atoms with Crippen LogP contribution in [-0.2, 0) is 0 Å². The topological polar surface area (TPSA) is 70.2 Å². The molecule has 0 spiro atoms. The third-order valence-corrected chi connectivity index (χ3v) is 1.50. The molecule has 0 bridgehead atoms. The Labute approximate surface area is 70.0 Å². The van der Waals surface area contributed by atoms with E-state index >= 15 is 0 Å². The Morgan fingerprint density at radius 1 is 1.55 bits per heavy atom. The summed E-state index contributed by atoms with van der Waals surface area (Å²) in [5.41, 5.74) is -0.554. The van der Waals surface area contributed by atoms with Gasteiger partial charge in [0.25, 0.3) is 0 Å². The summed E-state index contributed by atoms with van der Waals surface area (Å²) in [5, 5.41) is 8.44. The summed E-state index contributed by atoms with van der Waals surface area (Å²) in [6.07, 6.45) is 0. The van der Waals surface area contributed by atoms with Crippen LogP contribution in [0.5, 0.6) is 0 Å². The highest BCUT2D eigenvalue weighted by molar-refractivity contribution is 9.10. The molecular weight excluding hydrogens is 214 g/mol. The van der Waals surface area contributed by atoms with Gasteiger partial charge in [-0.2, -0.15) is 0 Å². The van der Waals surface area contributed by atoms with Crippen molar-refractivity contribution in [1.82, 2.24) is 4.98 Å². The van der Waals surface area contributed by atoms with Gasteiger partial charge in [-0.25, -0.2) is 4.79 Å².